The molecular formula is C22H31FO5. The number of halogens is 1. The molecule has 0 spiro atoms. The van der Waals surface area contributed by atoms with Crippen LogP contribution in [0.1, 0.15) is 59.3 Å². The smallest absolute Gasteiger partial charge is 0.190 e. The number of carbonyl (C=O) groups is 2. The maximum absolute atomic E-state index is 17.0. The number of alkyl halides is 1. The Bertz CT molecular complexity index is 764. The zero-order valence-electron chi connectivity index (χ0n) is 16.9. The second-order valence-electron chi connectivity index (χ2n) is 10.1. The van der Waals surface area contributed by atoms with Gasteiger partial charge in [-0.25, -0.2) is 4.39 Å². The van der Waals surface area contributed by atoms with Crippen LogP contribution in [0.25, 0.3) is 0 Å². The van der Waals surface area contributed by atoms with Crippen molar-refractivity contribution in [2.45, 2.75) is 76.7 Å². The van der Waals surface area contributed by atoms with Crippen LogP contribution in [0.5, 0.6) is 0 Å². The van der Waals surface area contributed by atoms with Gasteiger partial charge < -0.3 is 15.3 Å². The number of Topliss-reactive ketones (excluding diaryl/α,β-unsaturated/α-hetero) is 1. The molecule has 6 heteroatoms. The number of ketones is 2. The molecule has 0 radical (unpaired) electrons. The first-order valence-electron chi connectivity index (χ1n) is 10.4. The van der Waals surface area contributed by atoms with E-state index in [1.165, 1.54) is 0 Å². The van der Waals surface area contributed by atoms with E-state index in [0.717, 1.165) is 5.57 Å². The van der Waals surface area contributed by atoms with E-state index < -0.39 is 46.5 Å². The van der Waals surface area contributed by atoms with Crippen LogP contribution in [0.2, 0.25) is 0 Å². The highest BCUT2D eigenvalue weighted by atomic mass is 19.1. The molecule has 0 saturated heterocycles. The van der Waals surface area contributed by atoms with Gasteiger partial charge in [0.05, 0.1) is 6.10 Å². The molecule has 0 aliphatic heterocycles. The standard InChI is InChI=1S/C22H31FO5/c1-12-8-14(25)9-13-4-5-16-15-6-7-21(28,18(27)11-24)19(15,2)10-17(26)22(16,23)20(12,13)3/h9,12,15-17,24,26,28H,4-8,10-11H2,1-3H3/t12?,15-,16-,17-,19-,20-,21-,22-/m0/s1. The van der Waals surface area contributed by atoms with Gasteiger partial charge in [-0.15, -0.1) is 0 Å². The average Bonchev–Trinajstić information content (AvgIpc) is 2.89. The summed E-state index contributed by atoms with van der Waals surface area (Å²) >= 11 is 0. The van der Waals surface area contributed by atoms with Gasteiger partial charge in [0, 0.05) is 23.2 Å². The van der Waals surface area contributed by atoms with Gasteiger partial charge in [0.15, 0.2) is 11.6 Å². The lowest BCUT2D eigenvalue weighted by Crippen LogP contribution is -2.70. The molecule has 0 amide bonds. The Balaban J connectivity index is 1.82. The summed E-state index contributed by atoms with van der Waals surface area (Å²) in [5.41, 5.74) is -4.77. The molecule has 4 aliphatic rings. The molecule has 3 N–H and O–H groups in total. The lowest BCUT2D eigenvalue weighted by atomic mass is 9.42. The van der Waals surface area contributed by atoms with Crippen LogP contribution < -0.4 is 0 Å². The molecule has 0 heterocycles. The fourth-order valence-electron chi connectivity index (χ4n) is 7.55. The number of aliphatic hydroxyl groups is 3. The van der Waals surface area contributed by atoms with Gasteiger partial charge in [-0.3, -0.25) is 9.59 Å². The van der Waals surface area contributed by atoms with E-state index in [1.807, 2.05) is 13.8 Å². The van der Waals surface area contributed by atoms with Gasteiger partial charge in [0.2, 0.25) is 0 Å². The summed E-state index contributed by atoms with van der Waals surface area (Å²) in [7, 11) is 0. The summed E-state index contributed by atoms with van der Waals surface area (Å²) in [4.78, 5) is 24.5. The Morgan fingerprint density at radius 3 is 2.61 bits per heavy atom. The van der Waals surface area contributed by atoms with Crippen LogP contribution in [-0.4, -0.2) is 50.9 Å². The second kappa shape index (κ2) is 5.96. The number of fused-ring (bicyclic) bond motifs is 5. The molecule has 8 atom stereocenters. The molecule has 0 aromatic heterocycles. The molecule has 4 rings (SSSR count). The maximum Gasteiger partial charge on any atom is 0.190 e. The third kappa shape index (κ3) is 2.07. The largest absolute Gasteiger partial charge is 0.390 e. The Morgan fingerprint density at radius 2 is 1.96 bits per heavy atom. The highest BCUT2D eigenvalue weighted by Crippen LogP contribution is 2.71. The number of allylic oxidation sites excluding steroid dienone is 1. The van der Waals surface area contributed by atoms with Crippen LogP contribution in [0.15, 0.2) is 11.6 Å². The van der Waals surface area contributed by atoms with Crippen LogP contribution in [-0.2, 0) is 9.59 Å². The molecule has 0 bridgehead atoms. The molecule has 156 valence electrons. The fourth-order valence-corrected chi connectivity index (χ4v) is 7.55. The van der Waals surface area contributed by atoms with Crippen LogP contribution in [0, 0.1) is 28.6 Å². The van der Waals surface area contributed by atoms with Gasteiger partial charge in [-0.05, 0) is 50.0 Å². The number of hydrogen-bond donors (Lipinski definition) is 3. The van der Waals surface area contributed by atoms with Crippen LogP contribution in [0.4, 0.5) is 4.39 Å². The highest BCUT2D eigenvalue weighted by Gasteiger charge is 2.75. The van der Waals surface area contributed by atoms with Crippen LogP contribution in [0.3, 0.4) is 0 Å². The van der Waals surface area contributed by atoms with E-state index >= 15 is 4.39 Å². The van der Waals surface area contributed by atoms with E-state index in [1.54, 1.807) is 13.0 Å². The van der Waals surface area contributed by atoms with Gasteiger partial charge in [-0.1, -0.05) is 26.3 Å². The first-order chi connectivity index (χ1) is 13.0. The van der Waals surface area contributed by atoms with Crippen molar-refractivity contribution in [2.24, 2.45) is 28.6 Å². The summed E-state index contributed by atoms with van der Waals surface area (Å²) in [5.74, 6) is -1.62. The van der Waals surface area contributed by atoms with E-state index in [-0.39, 0.29) is 36.9 Å². The molecule has 1 unspecified atom stereocenters. The Hall–Kier alpha value is -1.11. The summed E-state index contributed by atoms with van der Waals surface area (Å²) in [5, 5.41) is 31.8. The summed E-state index contributed by atoms with van der Waals surface area (Å²) in [6.45, 7) is 4.73. The Kier molecular flexibility index (Phi) is 4.29. The second-order valence-corrected chi connectivity index (χ2v) is 10.1. The molecule has 5 nitrogen and oxygen atoms in total. The molecule has 0 aromatic rings. The quantitative estimate of drug-likeness (QED) is 0.667. The highest BCUT2D eigenvalue weighted by molar-refractivity contribution is 5.92. The summed E-state index contributed by atoms with van der Waals surface area (Å²) in [6.07, 6.45) is 2.21. The van der Waals surface area contributed by atoms with Crippen molar-refractivity contribution in [1.82, 2.24) is 0 Å². The maximum atomic E-state index is 17.0. The first kappa shape index (κ1) is 20.2. The van der Waals surface area contributed by atoms with Crippen molar-refractivity contribution in [1.29, 1.82) is 0 Å². The van der Waals surface area contributed by atoms with Crippen molar-refractivity contribution >= 4 is 11.6 Å². The lowest BCUT2D eigenvalue weighted by Gasteiger charge is -2.64. The minimum absolute atomic E-state index is 0.0148. The van der Waals surface area contributed by atoms with Crippen molar-refractivity contribution in [2.75, 3.05) is 6.61 Å². The minimum Gasteiger partial charge on any atom is -0.390 e. The number of carbonyl (C=O) groups excluding carboxylic acids is 2. The predicted molar refractivity (Wildman–Crippen MR) is 100 cm³/mol. The van der Waals surface area contributed by atoms with Gasteiger partial charge in [0.1, 0.15) is 17.9 Å². The van der Waals surface area contributed by atoms with Crippen molar-refractivity contribution in [3.63, 3.8) is 0 Å². The normalized spacial score (nSPS) is 53.1. The number of rotatable bonds is 2. The van der Waals surface area contributed by atoms with Gasteiger partial charge >= 0.3 is 0 Å². The third-order valence-corrected chi connectivity index (χ3v) is 9.33. The van der Waals surface area contributed by atoms with E-state index in [4.69, 9.17) is 0 Å². The number of hydrogen-bond acceptors (Lipinski definition) is 5. The molecule has 3 saturated carbocycles. The first-order valence-corrected chi connectivity index (χ1v) is 10.4. The Morgan fingerprint density at radius 1 is 1.29 bits per heavy atom. The van der Waals surface area contributed by atoms with E-state index in [2.05, 4.69) is 0 Å². The average molecular weight is 394 g/mol. The molecule has 28 heavy (non-hydrogen) atoms. The van der Waals surface area contributed by atoms with Crippen molar-refractivity contribution < 1.29 is 29.3 Å². The summed E-state index contributed by atoms with van der Waals surface area (Å²) < 4.78 is 17.0. The molecular weight excluding hydrogens is 363 g/mol. The molecule has 4 aliphatic carbocycles. The third-order valence-electron chi connectivity index (χ3n) is 9.33. The van der Waals surface area contributed by atoms with Gasteiger partial charge in [-0.2, -0.15) is 0 Å². The van der Waals surface area contributed by atoms with E-state index in [9.17, 15) is 24.9 Å². The van der Waals surface area contributed by atoms with Crippen LogP contribution >= 0.6 is 0 Å². The number of aliphatic hydroxyl groups excluding tert-OH is 2. The van der Waals surface area contributed by atoms with E-state index in [0.29, 0.717) is 19.3 Å². The summed E-state index contributed by atoms with van der Waals surface area (Å²) in [6, 6.07) is 0. The zero-order chi connectivity index (χ0) is 20.7. The van der Waals surface area contributed by atoms with Crippen molar-refractivity contribution in [3.05, 3.63) is 11.6 Å². The minimum atomic E-state index is -1.91. The lowest BCUT2D eigenvalue weighted by molar-refractivity contribution is -0.234. The fraction of sp³-hybridized carbons (Fsp3) is 0.818. The molecule has 3 fully saturated rings. The van der Waals surface area contributed by atoms with Gasteiger partial charge in [0.25, 0.3) is 0 Å². The predicted octanol–water partition coefficient (Wildman–Crippen LogP) is 2.12. The SMILES string of the molecule is CC1CC(=O)C=C2CC[C@H]3[C@@H]4CC[C@](O)(C(=O)CO)[C@@]4(C)C[C@H](O)[C@]3(F)[C@]21C. The monoisotopic (exact) mass is 394 g/mol. The topological polar surface area (TPSA) is 94.8 Å². The Labute approximate surface area is 165 Å². The molecule has 0 aromatic carbocycles. The zero-order valence-corrected chi connectivity index (χ0v) is 16.9. The van der Waals surface area contributed by atoms with Crippen molar-refractivity contribution in [3.8, 4) is 0 Å².